The van der Waals surface area contributed by atoms with Gasteiger partial charge in [0.1, 0.15) is 5.82 Å². The van der Waals surface area contributed by atoms with Gasteiger partial charge < -0.3 is 5.11 Å². The third-order valence-electron chi connectivity index (χ3n) is 6.81. The van der Waals surface area contributed by atoms with Crippen molar-refractivity contribution in [2.24, 2.45) is 23.7 Å². The van der Waals surface area contributed by atoms with Crippen molar-refractivity contribution in [1.29, 1.82) is 0 Å². The molecule has 4 rings (SSSR count). The highest BCUT2D eigenvalue weighted by molar-refractivity contribution is 9.10. The highest BCUT2D eigenvalue weighted by Crippen LogP contribution is 2.56. The summed E-state index contributed by atoms with van der Waals surface area (Å²) in [6.45, 7) is 4.41. The van der Waals surface area contributed by atoms with Gasteiger partial charge in [-0.3, -0.25) is 0 Å². The fourth-order valence-electron chi connectivity index (χ4n) is 5.68. The zero-order valence-corrected chi connectivity index (χ0v) is 19.1. The number of halogens is 4. The normalized spacial score (nSPS) is 32.4. The van der Waals surface area contributed by atoms with Gasteiger partial charge in [-0.1, -0.05) is 43.1 Å². The molecule has 150 valence electrons. The number of fused-ring (bicyclic) bond motifs is 2. The molecule has 2 saturated carbocycles. The van der Waals surface area contributed by atoms with Crippen molar-refractivity contribution in [3.8, 4) is 11.1 Å². The van der Waals surface area contributed by atoms with Crippen molar-refractivity contribution < 1.29 is 9.50 Å². The number of rotatable bonds is 2. The highest BCUT2D eigenvalue weighted by atomic mass is 79.9. The van der Waals surface area contributed by atoms with Crippen LogP contribution in [0.3, 0.4) is 0 Å². The molecular weight excluding hydrogens is 462 g/mol. The van der Waals surface area contributed by atoms with E-state index in [1.165, 1.54) is 18.6 Å². The SMILES string of the molecule is CC1CC2CC(C)C(O)(c3ccc(F)cc3-c3cc(Cl)c(Cl)c(Br)c3)C(C1)C2. The van der Waals surface area contributed by atoms with Crippen LogP contribution in [0.4, 0.5) is 4.39 Å². The van der Waals surface area contributed by atoms with E-state index >= 15 is 0 Å². The van der Waals surface area contributed by atoms with E-state index in [1.807, 2.05) is 6.07 Å². The first-order valence-corrected chi connectivity index (χ1v) is 11.4. The van der Waals surface area contributed by atoms with Crippen LogP contribution in [-0.2, 0) is 5.60 Å². The van der Waals surface area contributed by atoms with E-state index in [-0.39, 0.29) is 17.7 Å². The van der Waals surface area contributed by atoms with Crippen LogP contribution in [0.2, 0.25) is 10.0 Å². The van der Waals surface area contributed by atoms with Crippen LogP contribution < -0.4 is 0 Å². The molecule has 0 radical (unpaired) electrons. The maximum atomic E-state index is 14.3. The van der Waals surface area contributed by atoms with Gasteiger partial charge in [0.25, 0.3) is 0 Å². The summed E-state index contributed by atoms with van der Waals surface area (Å²) in [7, 11) is 0. The summed E-state index contributed by atoms with van der Waals surface area (Å²) in [5.74, 6) is 1.24. The van der Waals surface area contributed by atoms with Gasteiger partial charge in [-0.2, -0.15) is 0 Å². The second-order valence-electron chi connectivity index (χ2n) is 8.78. The average Bonchev–Trinajstić information content (AvgIpc) is 2.63. The molecule has 1 nitrogen and oxygen atoms in total. The van der Waals surface area contributed by atoms with Gasteiger partial charge in [0.2, 0.25) is 0 Å². The molecule has 0 saturated heterocycles. The van der Waals surface area contributed by atoms with Gasteiger partial charge in [0, 0.05) is 4.47 Å². The van der Waals surface area contributed by atoms with Gasteiger partial charge in [0.05, 0.1) is 15.6 Å². The van der Waals surface area contributed by atoms with Crippen LogP contribution in [0.1, 0.15) is 45.1 Å². The van der Waals surface area contributed by atoms with E-state index < -0.39 is 5.60 Å². The molecule has 0 spiro atoms. The summed E-state index contributed by atoms with van der Waals surface area (Å²) in [4.78, 5) is 0. The van der Waals surface area contributed by atoms with Crippen LogP contribution in [-0.4, -0.2) is 5.11 Å². The summed E-state index contributed by atoms with van der Waals surface area (Å²) >= 11 is 15.9. The molecule has 0 heterocycles. The quantitative estimate of drug-likeness (QED) is 0.429. The van der Waals surface area contributed by atoms with Crippen molar-refractivity contribution in [2.75, 3.05) is 0 Å². The van der Waals surface area contributed by atoms with Gasteiger partial charge in [0.15, 0.2) is 0 Å². The third kappa shape index (κ3) is 3.43. The summed E-state index contributed by atoms with van der Waals surface area (Å²) in [6.07, 6.45) is 4.28. The Morgan fingerprint density at radius 3 is 2.54 bits per heavy atom. The van der Waals surface area contributed by atoms with E-state index in [0.717, 1.165) is 30.4 Å². The van der Waals surface area contributed by atoms with Gasteiger partial charge in [-0.25, -0.2) is 4.39 Å². The lowest BCUT2D eigenvalue weighted by Gasteiger charge is -2.52. The molecule has 2 bridgehead atoms. The minimum Gasteiger partial charge on any atom is -0.385 e. The Balaban J connectivity index is 1.89. The minimum atomic E-state index is -0.979. The molecule has 1 N–H and O–H groups in total. The fourth-order valence-corrected chi connectivity index (χ4v) is 6.58. The average molecular weight is 486 g/mol. The second kappa shape index (κ2) is 7.58. The Morgan fingerprint density at radius 2 is 1.82 bits per heavy atom. The maximum Gasteiger partial charge on any atom is 0.123 e. The Bertz CT molecular complexity index is 890. The predicted molar refractivity (Wildman–Crippen MR) is 117 cm³/mol. The summed E-state index contributed by atoms with van der Waals surface area (Å²) in [6, 6.07) is 8.31. The zero-order chi connectivity index (χ0) is 20.2. The third-order valence-corrected chi connectivity index (χ3v) is 8.46. The lowest BCUT2D eigenvalue weighted by Crippen LogP contribution is -2.49. The first kappa shape index (κ1) is 20.7. The van der Waals surface area contributed by atoms with Crippen molar-refractivity contribution in [3.63, 3.8) is 0 Å². The molecule has 2 fully saturated rings. The van der Waals surface area contributed by atoms with Crippen molar-refractivity contribution in [1.82, 2.24) is 0 Å². The van der Waals surface area contributed by atoms with Crippen LogP contribution in [0.25, 0.3) is 11.1 Å². The molecule has 5 heteroatoms. The largest absolute Gasteiger partial charge is 0.385 e. The lowest BCUT2D eigenvalue weighted by atomic mass is 9.55. The Morgan fingerprint density at radius 1 is 1.07 bits per heavy atom. The minimum absolute atomic E-state index is 0.110. The van der Waals surface area contributed by atoms with Crippen LogP contribution in [0, 0.1) is 29.5 Å². The molecule has 2 aliphatic carbocycles. The molecule has 28 heavy (non-hydrogen) atoms. The topological polar surface area (TPSA) is 20.2 Å². The van der Waals surface area contributed by atoms with E-state index in [9.17, 15) is 9.50 Å². The number of hydrogen-bond donors (Lipinski definition) is 1. The van der Waals surface area contributed by atoms with Crippen LogP contribution >= 0.6 is 39.1 Å². The number of benzene rings is 2. The Kier molecular flexibility index (Phi) is 5.59. The van der Waals surface area contributed by atoms with Gasteiger partial charge >= 0.3 is 0 Å². The summed E-state index contributed by atoms with van der Waals surface area (Å²) < 4.78 is 14.9. The fraction of sp³-hybridized carbons (Fsp3) is 0.478. The van der Waals surface area contributed by atoms with Crippen molar-refractivity contribution in [2.45, 2.75) is 45.1 Å². The summed E-state index contributed by atoms with van der Waals surface area (Å²) in [5, 5.41) is 12.9. The van der Waals surface area contributed by atoms with E-state index in [4.69, 9.17) is 23.2 Å². The smallest absolute Gasteiger partial charge is 0.123 e. The molecule has 0 amide bonds. The Labute approximate surface area is 184 Å². The van der Waals surface area contributed by atoms with Gasteiger partial charge in [-0.05, 0) is 106 Å². The van der Waals surface area contributed by atoms with Crippen molar-refractivity contribution in [3.05, 3.63) is 56.2 Å². The van der Waals surface area contributed by atoms with Crippen LogP contribution in [0.5, 0.6) is 0 Å². The molecule has 2 aliphatic rings. The molecule has 5 atom stereocenters. The maximum absolute atomic E-state index is 14.3. The highest BCUT2D eigenvalue weighted by Gasteiger charge is 2.51. The molecule has 0 aliphatic heterocycles. The van der Waals surface area contributed by atoms with E-state index in [2.05, 4.69) is 29.8 Å². The molecule has 2 aromatic rings. The zero-order valence-electron chi connectivity index (χ0n) is 16.0. The van der Waals surface area contributed by atoms with E-state index in [0.29, 0.717) is 31.9 Å². The van der Waals surface area contributed by atoms with Crippen LogP contribution in [0.15, 0.2) is 34.8 Å². The molecular formula is C23H24BrCl2FO. The first-order valence-electron chi connectivity index (χ1n) is 9.87. The second-order valence-corrected chi connectivity index (χ2v) is 10.4. The van der Waals surface area contributed by atoms with Crippen molar-refractivity contribution >= 4 is 39.1 Å². The van der Waals surface area contributed by atoms with E-state index in [1.54, 1.807) is 12.1 Å². The van der Waals surface area contributed by atoms with Gasteiger partial charge in [-0.15, -0.1) is 0 Å². The Hall–Kier alpha value is -0.610. The molecule has 5 unspecified atom stereocenters. The number of hydrogen-bond acceptors (Lipinski definition) is 1. The molecule has 0 aromatic heterocycles. The predicted octanol–water partition coefficient (Wildman–Crippen LogP) is 7.84. The summed E-state index contributed by atoms with van der Waals surface area (Å²) in [5.41, 5.74) is 1.25. The standard InChI is InChI=1S/C23H24BrCl2FO/c1-12-5-14-7-13(2)23(28,16(6-12)8-14)19-4-3-17(27)11-18(19)15-9-20(24)22(26)21(25)10-15/h3-4,9-14,16,28H,5-8H2,1-2H3. The monoisotopic (exact) mass is 484 g/mol. The number of aliphatic hydroxyl groups is 1. The first-order chi connectivity index (χ1) is 13.2. The molecule has 2 aromatic carbocycles. The lowest BCUT2D eigenvalue weighted by molar-refractivity contribution is -0.132.